The van der Waals surface area contributed by atoms with Crippen LogP contribution in [0.3, 0.4) is 0 Å². The molecule has 2 aromatic rings. The van der Waals surface area contributed by atoms with E-state index in [1.165, 1.54) is 4.90 Å². The van der Waals surface area contributed by atoms with Crippen molar-refractivity contribution < 1.29 is 14.3 Å². The number of nitrogens with zero attached hydrogens (tertiary/aromatic N) is 1. The number of hydrogen-bond acceptors (Lipinski definition) is 3. The molecule has 0 aromatic heterocycles. The van der Waals surface area contributed by atoms with E-state index in [-0.39, 0.29) is 18.4 Å². The van der Waals surface area contributed by atoms with Gasteiger partial charge in [-0.3, -0.25) is 9.59 Å². The Hall–Kier alpha value is -2.78. The summed E-state index contributed by atoms with van der Waals surface area (Å²) in [5.74, 6) is 2.47. The molecule has 2 rings (SSSR count). The molecule has 2 amide bonds. The summed E-state index contributed by atoms with van der Waals surface area (Å²) in [6.45, 7) is 3.52. The molecule has 27 heavy (non-hydrogen) atoms. The van der Waals surface area contributed by atoms with Gasteiger partial charge < -0.3 is 15.0 Å². The number of hydrogen-bond donors (Lipinski definition) is 1. The van der Waals surface area contributed by atoms with Crippen molar-refractivity contribution >= 4 is 33.4 Å². The molecule has 0 saturated carbocycles. The molecular weight excluding hydrogens is 408 g/mol. The van der Waals surface area contributed by atoms with Crippen LogP contribution in [0.15, 0.2) is 46.9 Å². The highest BCUT2D eigenvalue weighted by Gasteiger charge is 2.22. The van der Waals surface area contributed by atoms with Crippen LogP contribution in [0.25, 0.3) is 0 Å². The highest BCUT2D eigenvalue weighted by molar-refractivity contribution is 9.10. The molecule has 5 nitrogen and oxygen atoms in total. The van der Waals surface area contributed by atoms with Crippen LogP contribution < -0.4 is 10.1 Å². The van der Waals surface area contributed by atoms with Gasteiger partial charge in [0.1, 0.15) is 5.75 Å². The zero-order chi connectivity index (χ0) is 20.0. The lowest BCUT2D eigenvalue weighted by molar-refractivity contribution is -0.139. The number of benzene rings is 2. The summed E-state index contributed by atoms with van der Waals surface area (Å²) < 4.78 is 6.50. The molecule has 0 bridgehead atoms. The Morgan fingerprint density at radius 3 is 2.70 bits per heavy atom. The number of aryl methyl sites for hydroxylation is 1. The number of terminal acetylenes is 1. The van der Waals surface area contributed by atoms with Gasteiger partial charge in [-0.25, -0.2) is 0 Å². The first-order valence-corrected chi connectivity index (χ1v) is 9.13. The van der Waals surface area contributed by atoms with Crippen molar-refractivity contribution in [3.8, 4) is 18.1 Å². The molecule has 6 heteroatoms. The van der Waals surface area contributed by atoms with Crippen LogP contribution in [0.1, 0.15) is 18.1 Å². The summed E-state index contributed by atoms with van der Waals surface area (Å²) in [7, 11) is 1.56. The van der Waals surface area contributed by atoms with Gasteiger partial charge in [-0.2, -0.15) is 0 Å². The van der Waals surface area contributed by atoms with Crippen LogP contribution in [0, 0.1) is 19.3 Å². The lowest BCUT2D eigenvalue weighted by atomic mass is 10.2. The van der Waals surface area contributed by atoms with Gasteiger partial charge in [-0.15, -0.1) is 6.42 Å². The number of likely N-dealkylation sites (N-methyl/N-ethyl adjacent to an activating group) is 1. The van der Waals surface area contributed by atoms with Crippen LogP contribution >= 0.6 is 15.9 Å². The van der Waals surface area contributed by atoms with Crippen LogP contribution in [0.2, 0.25) is 0 Å². The Bertz CT molecular complexity index is 889. The number of carbonyl (C=O) groups is 2. The minimum Gasteiger partial charge on any atom is -0.480 e. The Labute approximate surface area is 167 Å². The highest BCUT2D eigenvalue weighted by atomic mass is 79.9. The van der Waals surface area contributed by atoms with Gasteiger partial charge in [0.25, 0.3) is 5.91 Å². The van der Waals surface area contributed by atoms with Gasteiger partial charge in [0.15, 0.2) is 6.10 Å². The second-order valence-electron chi connectivity index (χ2n) is 6.16. The lowest BCUT2D eigenvalue weighted by Gasteiger charge is -2.22. The van der Waals surface area contributed by atoms with Crippen molar-refractivity contribution in [3.05, 3.63) is 58.1 Å². The number of halogens is 1. The maximum absolute atomic E-state index is 12.5. The van der Waals surface area contributed by atoms with E-state index in [1.807, 2.05) is 19.1 Å². The van der Waals surface area contributed by atoms with E-state index in [0.29, 0.717) is 17.0 Å². The van der Waals surface area contributed by atoms with Crippen molar-refractivity contribution in [1.29, 1.82) is 0 Å². The van der Waals surface area contributed by atoms with Gasteiger partial charge in [-0.05, 0) is 65.7 Å². The Kier molecular flexibility index (Phi) is 7.03. The lowest BCUT2D eigenvalue weighted by Crippen LogP contribution is -2.42. The molecule has 0 fully saturated rings. The van der Waals surface area contributed by atoms with E-state index >= 15 is 0 Å². The summed E-state index contributed by atoms with van der Waals surface area (Å²) in [5, 5.41) is 2.73. The standard InChI is InChI=1S/C21H21BrN2O3/c1-5-16-7-6-8-17(12-16)23-20(25)13-24(4)21(26)15(3)27-19-10-9-14(2)11-18(19)22/h1,6-12,15H,13H2,2-4H3,(H,23,25). The number of anilines is 1. The van der Waals surface area contributed by atoms with E-state index in [2.05, 4.69) is 27.2 Å². The van der Waals surface area contributed by atoms with Crippen molar-refractivity contribution in [2.45, 2.75) is 20.0 Å². The maximum Gasteiger partial charge on any atom is 0.263 e. The third-order valence-corrected chi connectivity index (χ3v) is 4.43. The van der Waals surface area contributed by atoms with Gasteiger partial charge in [-0.1, -0.05) is 18.1 Å². The Morgan fingerprint density at radius 1 is 1.30 bits per heavy atom. The van der Waals surface area contributed by atoms with E-state index in [0.717, 1.165) is 10.0 Å². The molecule has 1 atom stereocenters. The van der Waals surface area contributed by atoms with Crippen LogP contribution in [-0.4, -0.2) is 36.4 Å². The summed E-state index contributed by atoms with van der Waals surface area (Å²) >= 11 is 3.42. The van der Waals surface area contributed by atoms with Crippen molar-refractivity contribution in [2.24, 2.45) is 0 Å². The fraction of sp³-hybridized carbons (Fsp3) is 0.238. The number of amides is 2. The topological polar surface area (TPSA) is 58.6 Å². The molecule has 1 unspecified atom stereocenters. The molecule has 0 spiro atoms. The zero-order valence-corrected chi connectivity index (χ0v) is 17.0. The molecule has 0 heterocycles. The summed E-state index contributed by atoms with van der Waals surface area (Å²) in [6, 6.07) is 12.6. The number of ether oxygens (including phenoxy) is 1. The number of nitrogens with one attached hydrogen (secondary N) is 1. The smallest absolute Gasteiger partial charge is 0.263 e. The third-order valence-electron chi connectivity index (χ3n) is 3.81. The molecule has 0 aliphatic rings. The predicted molar refractivity (Wildman–Crippen MR) is 110 cm³/mol. The first kappa shape index (κ1) is 20.5. The maximum atomic E-state index is 12.5. The molecule has 2 aromatic carbocycles. The quantitative estimate of drug-likeness (QED) is 0.714. The Morgan fingerprint density at radius 2 is 2.04 bits per heavy atom. The largest absolute Gasteiger partial charge is 0.480 e. The predicted octanol–water partition coefficient (Wildman–Crippen LogP) is 3.60. The van der Waals surface area contributed by atoms with Crippen LogP contribution in [0.4, 0.5) is 5.69 Å². The molecule has 140 valence electrons. The van der Waals surface area contributed by atoms with Gasteiger partial charge in [0.05, 0.1) is 11.0 Å². The highest BCUT2D eigenvalue weighted by Crippen LogP contribution is 2.26. The first-order valence-electron chi connectivity index (χ1n) is 8.34. The SMILES string of the molecule is C#Cc1cccc(NC(=O)CN(C)C(=O)C(C)Oc2ccc(C)cc2Br)c1. The van der Waals surface area contributed by atoms with E-state index in [4.69, 9.17) is 11.2 Å². The molecule has 0 radical (unpaired) electrons. The third kappa shape index (κ3) is 5.87. The van der Waals surface area contributed by atoms with Crippen molar-refractivity contribution in [2.75, 3.05) is 18.9 Å². The summed E-state index contributed by atoms with van der Waals surface area (Å²) in [4.78, 5) is 26.0. The van der Waals surface area contributed by atoms with E-state index in [9.17, 15) is 9.59 Å². The summed E-state index contributed by atoms with van der Waals surface area (Å²) in [6.07, 6.45) is 4.62. The van der Waals surface area contributed by atoms with Crippen LogP contribution in [-0.2, 0) is 9.59 Å². The average Bonchev–Trinajstić information content (AvgIpc) is 2.63. The zero-order valence-electron chi connectivity index (χ0n) is 15.5. The minimum atomic E-state index is -0.730. The van der Waals surface area contributed by atoms with Gasteiger partial charge in [0, 0.05) is 18.3 Å². The normalized spacial score (nSPS) is 11.2. The summed E-state index contributed by atoms with van der Waals surface area (Å²) in [5.41, 5.74) is 2.34. The van der Waals surface area contributed by atoms with E-state index in [1.54, 1.807) is 44.3 Å². The molecule has 0 saturated heterocycles. The average molecular weight is 429 g/mol. The Balaban J connectivity index is 1.93. The van der Waals surface area contributed by atoms with E-state index < -0.39 is 6.10 Å². The fourth-order valence-corrected chi connectivity index (χ4v) is 3.02. The molecule has 0 aliphatic carbocycles. The molecule has 0 aliphatic heterocycles. The van der Waals surface area contributed by atoms with Gasteiger partial charge >= 0.3 is 0 Å². The van der Waals surface area contributed by atoms with Crippen molar-refractivity contribution in [1.82, 2.24) is 4.90 Å². The fourth-order valence-electron chi connectivity index (χ4n) is 2.43. The van der Waals surface area contributed by atoms with Crippen LogP contribution in [0.5, 0.6) is 5.75 Å². The second-order valence-corrected chi connectivity index (χ2v) is 7.02. The molecular formula is C21H21BrN2O3. The number of carbonyl (C=O) groups excluding carboxylic acids is 2. The first-order chi connectivity index (χ1) is 12.8. The monoisotopic (exact) mass is 428 g/mol. The van der Waals surface area contributed by atoms with Gasteiger partial charge in [0.2, 0.25) is 5.91 Å². The molecule has 1 N–H and O–H groups in total. The van der Waals surface area contributed by atoms with Crippen molar-refractivity contribution in [3.63, 3.8) is 0 Å². The minimum absolute atomic E-state index is 0.0954. The second kappa shape index (κ2) is 9.24. The number of rotatable bonds is 6.